The van der Waals surface area contributed by atoms with Crippen LogP contribution in [0.4, 0.5) is 13.2 Å². The van der Waals surface area contributed by atoms with E-state index in [1.807, 2.05) is 0 Å². The minimum absolute atomic E-state index is 0.331. The molecule has 0 aliphatic rings. The molecule has 0 unspecified atom stereocenters. The van der Waals surface area contributed by atoms with Crippen molar-refractivity contribution in [1.82, 2.24) is 0 Å². The maximum atomic E-state index is 11.9. The molecule has 0 aliphatic carbocycles. The van der Waals surface area contributed by atoms with E-state index in [2.05, 4.69) is 0 Å². The molecule has 0 nitrogen and oxygen atoms in total. The van der Waals surface area contributed by atoms with E-state index in [9.17, 15) is 13.2 Å². The molecule has 1 rings (SSSR count). The zero-order chi connectivity index (χ0) is 8.48. The summed E-state index contributed by atoms with van der Waals surface area (Å²) in [4.78, 5) is 0. The van der Waals surface area contributed by atoms with Crippen LogP contribution in [0.25, 0.3) is 0 Å². The van der Waals surface area contributed by atoms with E-state index in [1.165, 1.54) is 12.1 Å². The van der Waals surface area contributed by atoms with Crippen molar-refractivity contribution < 1.29 is 13.2 Å². The van der Waals surface area contributed by atoms with Crippen LogP contribution in [0.15, 0.2) is 24.3 Å². The fraction of sp³-hybridized carbons (Fsp3) is 0.143. The van der Waals surface area contributed by atoms with Gasteiger partial charge in [-0.1, -0.05) is 29.7 Å². The second-order valence-electron chi connectivity index (χ2n) is 2.12. The molecule has 0 N–H and O–H groups in total. The van der Waals surface area contributed by atoms with Gasteiger partial charge in [0.1, 0.15) is 7.85 Å². The van der Waals surface area contributed by atoms with Gasteiger partial charge in [-0.2, -0.15) is 13.2 Å². The SMILES string of the molecule is [B]c1ccc(C(F)(F)F)cc1. The normalized spacial score (nSPS) is 11.5. The fourth-order valence-corrected chi connectivity index (χ4v) is 0.672. The average molecular weight is 156 g/mol. The molecular weight excluding hydrogens is 152 g/mol. The maximum Gasteiger partial charge on any atom is 0.416 e. The van der Waals surface area contributed by atoms with E-state index in [0.29, 0.717) is 5.46 Å². The molecule has 0 heterocycles. The predicted molar refractivity (Wildman–Crippen MR) is 36.8 cm³/mol. The molecule has 0 atom stereocenters. The van der Waals surface area contributed by atoms with Crippen LogP contribution >= 0.6 is 0 Å². The Kier molecular flexibility index (Phi) is 1.93. The summed E-state index contributed by atoms with van der Waals surface area (Å²) in [6.45, 7) is 0. The maximum absolute atomic E-state index is 11.9. The Morgan fingerprint density at radius 2 is 1.45 bits per heavy atom. The Hall–Kier alpha value is -0.925. The highest BCUT2D eigenvalue weighted by molar-refractivity contribution is 6.32. The molecule has 1 aromatic rings. The minimum Gasteiger partial charge on any atom is -0.166 e. The number of hydrogen-bond acceptors (Lipinski definition) is 0. The number of benzene rings is 1. The van der Waals surface area contributed by atoms with Crippen LogP contribution in [0.2, 0.25) is 0 Å². The van der Waals surface area contributed by atoms with Gasteiger partial charge in [0, 0.05) is 0 Å². The van der Waals surface area contributed by atoms with Crippen molar-refractivity contribution in [3.63, 3.8) is 0 Å². The van der Waals surface area contributed by atoms with Crippen molar-refractivity contribution in [1.29, 1.82) is 0 Å². The van der Waals surface area contributed by atoms with Gasteiger partial charge in [0.05, 0.1) is 5.56 Å². The van der Waals surface area contributed by atoms with E-state index in [1.54, 1.807) is 0 Å². The van der Waals surface area contributed by atoms with Crippen LogP contribution in [0.5, 0.6) is 0 Å². The highest BCUT2D eigenvalue weighted by Crippen LogP contribution is 2.27. The standard InChI is InChI=1S/C7H4BF3/c8-6-3-1-5(2-4-6)7(9,10)11/h1-4H. The first-order valence-electron chi connectivity index (χ1n) is 2.93. The molecule has 0 aliphatic heterocycles. The molecule has 0 saturated carbocycles. The minimum atomic E-state index is -4.27. The Labute approximate surface area is 63.4 Å². The average Bonchev–Trinajstić information content (AvgIpc) is 1.86. The Bertz CT molecular complexity index is 237. The number of halogens is 3. The highest BCUT2D eigenvalue weighted by Gasteiger charge is 2.29. The van der Waals surface area contributed by atoms with E-state index in [-0.39, 0.29) is 0 Å². The van der Waals surface area contributed by atoms with Crippen molar-refractivity contribution >= 4 is 13.3 Å². The predicted octanol–water partition coefficient (Wildman–Crippen LogP) is 1.50. The first-order valence-corrected chi connectivity index (χ1v) is 2.93. The summed E-state index contributed by atoms with van der Waals surface area (Å²) >= 11 is 0. The molecule has 4 heteroatoms. The van der Waals surface area contributed by atoms with Gasteiger partial charge < -0.3 is 0 Å². The third-order valence-corrected chi connectivity index (χ3v) is 1.24. The van der Waals surface area contributed by atoms with Gasteiger partial charge in [-0.25, -0.2) is 0 Å². The lowest BCUT2D eigenvalue weighted by molar-refractivity contribution is -0.137. The number of alkyl halides is 3. The van der Waals surface area contributed by atoms with Gasteiger partial charge in [-0.15, -0.1) is 0 Å². The topological polar surface area (TPSA) is 0 Å². The monoisotopic (exact) mass is 156 g/mol. The summed E-state index contributed by atoms with van der Waals surface area (Å²) in [5.74, 6) is 0. The summed E-state index contributed by atoms with van der Waals surface area (Å²) in [6, 6.07) is 4.36. The molecule has 2 radical (unpaired) electrons. The molecule has 56 valence electrons. The molecule has 0 spiro atoms. The summed E-state index contributed by atoms with van der Waals surface area (Å²) in [5, 5.41) is 0. The summed E-state index contributed by atoms with van der Waals surface area (Å²) in [5.41, 5.74) is -0.343. The van der Waals surface area contributed by atoms with Crippen LogP contribution in [-0.4, -0.2) is 7.85 Å². The lowest BCUT2D eigenvalue weighted by Crippen LogP contribution is -2.08. The van der Waals surface area contributed by atoms with Crippen LogP contribution in [-0.2, 0) is 6.18 Å². The smallest absolute Gasteiger partial charge is 0.166 e. The Balaban J connectivity index is 2.99. The Morgan fingerprint density at radius 1 is 1.00 bits per heavy atom. The molecule has 0 aromatic heterocycles. The van der Waals surface area contributed by atoms with Crippen molar-refractivity contribution in [2.75, 3.05) is 0 Å². The van der Waals surface area contributed by atoms with Crippen LogP contribution < -0.4 is 5.46 Å². The first kappa shape index (κ1) is 8.17. The van der Waals surface area contributed by atoms with Gasteiger partial charge in [-0.05, 0) is 0 Å². The summed E-state index contributed by atoms with van der Waals surface area (Å²) < 4.78 is 35.6. The van der Waals surface area contributed by atoms with E-state index in [0.717, 1.165) is 12.1 Å². The van der Waals surface area contributed by atoms with Gasteiger partial charge in [0.25, 0.3) is 0 Å². The second-order valence-corrected chi connectivity index (χ2v) is 2.12. The van der Waals surface area contributed by atoms with E-state index < -0.39 is 11.7 Å². The summed E-state index contributed by atoms with van der Waals surface area (Å²) in [7, 11) is 5.20. The lowest BCUT2D eigenvalue weighted by atomic mass is 9.95. The van der Waals surface area contributed by atoms with Gasteiger partial charge in [-0.3, -0.25) is 0 Å². The highest BCUT2D eigenvalue weighted by atomic mass is 19.4. The second kappa shape index (κ2) is 2.60. The zero-order valence-electron chi connectivity index (χ0n) is 5.52. The molecule has 11 heavy (non-hydrogen) atoms. The third kappa shape index (κ3) is 2.00. The number of hydrogen-bond donors (Lipinski definition) is 0. The molecule has 0 amide bonds. The van der Waals surface area contributed by atoms with Crippen molar-refractivity contribution in [3.05, 3.63) is 29.8 Å². The largest absolute Gasteiger partial charge is 0.416 e. The Morgan fingerprint density at radius 3 is 1.82 bits per heavy atom. The number of rotatable bonds is 0. The van der Waals surface area contributed by atoms with Crippen molar-refractivity contribution in [2.24, 2.45) is 0 Å². The lowest BCUT2D eigenvalue weighted by Gasteiger charge is -2.05. The van der Waals surface area contributed by atoms with Crippen LogP contribution in [0, 0.1) is 0 Å². The molecule has 0 bridgehead atoms. The molecule has 0 fully saturated rings. The molecular formula is C7H4BF3. The van der Waals surface area contributed by atoms with Crippen molar-refractivity contribution in [2.45, 2.75) is 6.18 Å². The molecule has 1 aromatic carbocycles. The van der Waals surface area contributed by atoms with Gasteiger partial charge >= 0.3 is 6.18 Å². The quantitative estimate of drug-likeness (QED) is 0.499. The van der Waals surface area contributed by atoms with Crippen molar-refractivity contribution in [3.8, 4) is 0 Å². The zero-order valence-corrected chi connectivity index (χ0v) is 5.52. The fourth-order valence-electron chi connectivity index (χ4n) is 0.672. The van der Waals surface area contributed by atoms with Gasteiger partial charge in [0.2, 0.25) is 0 Å². The van der Waals surface area contributed by atoms with Gasteiger partial charge in [0.15, 0.2) is 0 Å². The van der Waals surface area contributed by atoms with Crippen LogP contribution in [0.1, 0.15) is 5.56 Å². The third-order valence-electron chi connectivity index (χ3n) is 1.24. The molecule has 0 saturated heterocycles. The van der Waals surface area contributed by atoms with Crippen LogP contribution in [0.3, 0.4) is 0 Å². The summed E-state index contributed by atoms with van der Waals surface area (Å²) in [6.07, 6.45) is -4.27. The van der Waals surface area contributed by atoms with E-state index >= 15 is 0 Å². The van der Waals surface area contributed by atoms with E-state index in [4.69, 9.17) is 7.85 Å². The first-order chi connectivity index (χ1) is 5.00.